The Morgan fingerprint density at radius 2 is 1.89 bits per heavy atom. The molecular weight excluding hydrogens is 534 g/mol. The van der Waals surface area contributed by atoms with Crippen LogP contribution >= 0.6 is 11.8 Å². The molecule has 2 heterocycles. The van der Waals surface area contributed by atoms with E-state index >= 15 is 0 Å². The molecule has 2 aromatic carbocycles. The summed E-state index contributed by atoms with van der Waals surface area (Å²) in [6.45, 7) is 4.96. The molecule has 0 saturated carbocycles. The summed E-state index contributed by atoms with van der Waals surface area (Å²) in [7, 11) is -3.64. The van der Waals surface area contributed by atoms with Gasteiger partial charge in [-0.2, -0.15) is 4.31 Å². The molecule has 202 valence electrons. The molecule has 0 unspecified atom stereocenters. The van der Waals surface area contributed by atoms with Gasteiger partial charge in [0.05, 0.1) is 28.7 Å². The van der Waals surface area contributed by atoms with Crippen molar-refractivity contribution >= 4 is 55.8 Å². The number of benzene rings is 2. The van der Waals surface area contributed by atoms with Crippen LogP contribution in [0.5, 0.6) is 0 Å². The van der Waals surface area contributed by atoms with Crippen LogP contribution in [0.25, 0.3) is 0 Å². The number of aliphatic imine (C=N–C) groups is 1. The zero-order valence-corrected chi connectivity index (χ0v) is 22.4. The van der Waals surface area contributed by atoms with E-state index in [2.05, 4.69) is 10.3 Å². The Balaban J connectivity index is 1.47. The van der Waals surface area contributed by atoms with Gasteiger partial charge in [-0.05, 0) is 44.2 Å². The second-order valence-corrected chi connectivity index (χ2v) is 12.0. The van der Waals surface area contributed by atoms with Crippen LogP contribution in [0.15, 0.2) is 58.4 Å². The van der Waals surface area contributed by atoms with Gasteiger partial charge in [-0.3, -0.25) is 24.6 Å². The number of carbonyl (C=O) groups excluding carboxylic acids is 2. The number of hydrogen-bond donors (Lipinski definition) is 1. The van der Waals surface area contributed by atoms with Crippen molar-refractivity contribution in [2.75, 3.05) is 31.6 Å². The number of nitro benzene ring substituents is 1. The molecule has 0 aliphatic carbocycles. The second kappa shape index (κ2) is 11.6. The number of non-ortho nitro benzene ring substituents is 1. The number of hydrogen-bond acceptors (Lipinski definition) is 9. The highest BCUT2D eigenvalue weighted by molar-refractivity contribution is 8.15. The summed E-state index contributed by atoms with van der Waals surface area (Å²) in [6.07, 6.45) is -0.148. The molecule has 0 aromatic heterocycles. The molecule has 2 saturated heterocycles. The van der Waals surface area contributed by atoms with Crippen molar-refractivity contribution in [3.05, 3.63) is 58.6 Å². The summed E-state index contributed by atoms with van der Waals surface area (Å²) >= 11 is 1.15. The van der Waals surface area contributed by atoms with Gasteiger partial charge in [0.25, 0.3) is 5.69 Å². The highest BCUT2D eigenvalue weighted by Crippen LogP contribution is 2.33. The van der Waals surface area contributed by atoms with E-state index in [-0.39, 0.29) is 34.6 Å². The van der Waals surface area contributed by atoms with Crippen LogP contribution in [-0.2, 0) is 24.3 Å². The molecule has 12 nitrogen and oxygen atoms in total. The van der Waals surface area contributed by atoms with E-state index in [1.807, 2.05) is 13.8 Å². The standard InChI is InChI=1S/C24H27N5O7S2/c1-16(2)28-23(31)21(15-22(30)25-18-4-3-5-19(14-18)29(32)33)37-24(28)26-17-6-8-20(9-7-17)38(34,35)27-10-12-36-13-11-27/h3-9,14,16,21H,10-13,15H2,1-2H3,(H,25,30)/t21-/m0/s1. The zero-order chi connectivity index (χ0) is 27.4. The fraction of sp³-hybridized carbons (Fsp3) is 0.375. The lowest BCUT2D eigenvalue weighted by atomic mass is 10.2. The molecule has 2 aliphatic heterocycles. The minimum Gasteiger partial charge on any atom is -0.379 e. The predicted octanol–water partition coefficient (Wildman–Crippen LogP) is 2.98. The molecule has 0 spiro atoms. The van der Waals surface area contributed by atoms with E-state index in [1.165, 1.54) is 45.6 Å². The number of anilines is 1. The Hall–Kier alpha value is -3.33. The fourth-order valence-corrected chi connectivity index (χ4v) is 6.67. The third kappa shape index (κ3) is 6.20. The SMILES string of the molecule is CC(C)N1C(=O)[C@H](CC(=O)Nc2cccc([N+](=O)[O-])c2)SC1=Nc1ccc(S(=O)(=O)N2CCOCC2)cc1. The zero-order valence-electron chi connectivity index (χ0n) is 20.8. The highest BCUT2D eigenvalue weighted by atomic mass is 32.2. The minimum atomic E-state index is -3.64. The molecule has 0 bridgehead atoms. The summed E-state index contributed by atoms with van der Waals surface area (Å²) < 4.78 is 32.3. The van der Waals surface area contributed by atoms with Crippen molar-refractivity contribution in [1.29, 1.82) is 0 Å². The smallest absolute Gasteiger partial charge is 0.271 e. The van der Waals surface area contributed by atoms with Crippen molar-refractivity contribution in [2.45, 2.75) is 36.5 Å². The molecule has 2 aliphatic rings. The van der Waals surface area contributed by atoms with E-state index in [1.54, 1.807) is 12.1 Å². The largest absolute Gasteiger partial charge is 0.379 e. The van der Waals surface area contributed by atoms with Gasteiger partial charge in [0.15, 0.2) is 5.17 Å². The minimum absolute atomic E-state index is 0.148. The van der Waals surface area contributed by atoms with Crippen molar-refractivity contribution < 1.29 is 27.7 Å². The van der Waals surface area contributed by atoms with Crippen LogP contribution in [0.2, 0.25) is 0 Å². The molecule has 4 rings (SSSR count). The van der Waals surface area contributed by atoms with Gasteiger partial charge in [-0.1, -0.05) is 17.8 Å². The average molecular weight is 562 g/mol. The van der Waals surface area contributed by atoms with Crippen LogP contribution in [-0.4, -0.2) is 77.1 Å². The summed E-state index contributed by atoms with van der Waals surface area (Å²) in [4.78, 5) is 42.4. The average Bonchev–Trinajstić information content (AvgIpc) is 3.19. The monoisotopic (exact) mass is 561 g/mol. The van der Waals surface area contributed by atoms with Crippen molar-refractivity contribution in [3.63, 3.8) is 0 Å². The molecule has 1 atom stereocenters. The number of thioether (sulfide) groups is 1. The van der Waals surface area contributed by atoms with Crippen molar-refractivity contribution in [3.8, 4) is 0 Å². The van der Waals surface area contributed by atoms with E-state index in [0.29, 0.717) is 37.2 Å². The highest BCUT2D eigenvalue weighted by Gasteiger charge is 2.40. The Kier molecular flexibility index (Phi) is 8.45. The summed E-state index contributed by atoms with van der Waals surface area (Å²) in [6, 6.07) is 11.5. The Morgan fingerprint density at radius 3 is 2.53 bits per heavy atom. The van der Waals surface area contributed by atoms with Crippen LogP contribution in [0.3, 0.4) is 0 Å². The van der Waals surface area contributed by atoms with Gasteiger partial charge < -0.3 is 10.1 Å². The second-order valence-electron chi connectivity index (χ2n) is 8.87. The van der Waals surface area contributed by atoms with Gasteiger partial charge in [-0.25, -0.2) is 13.4 Å². The van der Waals surface area contributed by atoms with Crippen molar-refractivity contribution in [1.82, 2.24) is 9.21 Å². The molecule has 2 aromatic rings. The first-order chi connectivity index (χ1) is 18.1. The lowest BCUT2D eigenvalue weighted by molar-refractivity contribution is -0.384. The third-order valence-corrected chi connectivity index (χ3v) is 8.93. The number of amides is 2. The van der Waals surface area contributed by atoms with E-state index in [9.17, 15) is 28.1 Å². The lowest BCUT2D eigenvalue weighted by Gasteiger charge is -2.26. The molecule has 1 N–H and O–H groups in total. The molecular formula is C24H27N5O7S2. The van der Waals surface area contributed by atoms with Crippen LogP contribution < -0.4 is 5.32 Å². The topological polar surface area (TPSA) is 152 Å². The number of nitrogens with one attached hydrogen (secondary N) is 1. The number of ether oxygens (including phenoxy) is 1. The van der Waals surface area contributed by atoms with Gasteiger partial charge in [0.2, 0.25) is 21.8 Å². The lowest BCUT2D eigenvalue weighted by Crippen LogP contribution is -2.40. The molecule has 38 heavy (non-hydrogen) atoms. The first kappa shape index (κ1) is 27.7. The van der Waals surface area contributed by atoms with Crippen LogP contribution in [0.4, 0.5) is 17.1 Å². The van der Waals surface area contributed by atoms with Crippen LogP contribution in [0, 0.1) is 10.1 Å². The maximum absolute atomic E-state index is 13.1. The van der Waals surface area contributed by atoms with E-state index in [0.717, 1.165) is 11.8 Å². The summed E-state index contributed by atoms with van der Waals surface area (Å²) in [5.41, 5.74) is 0.577. The number of amidine groups is 1. The number of nitro groups is 1. The Labute approximate surface area is 224 Å². The molecule has 2 fully saturated rings. The molecule has 14 heteroatoms. The number of morpholine rings is 1. The fourth-order valence-electron chi connectivity index (χ4n) is 3.99. The van der Waals surface area contributed by atoms with Gasteiger partial charge in [-0.15, -0.1) is 0 Å². The van der Waals surface area contributed by atoms with Crippen molar-refractivity contribution in [2.24, 2.45) is 4.99 Å². The Morgan fingerprint density at radius 1 is 1.21 bits per heavy atom. The first-order valence-corrected chi connectivity index (χ1v) is 14.2. The Bertz CT molecular complexity index is 1360. The normalized spacial score (nSPS) is 19.8. The summed E-state index contributed by atoms with van der Waals surface area (Å²) in [5.74, 6) is -0.733. The number of sulfonamides is 1. The van der Waals surface area contributed by atoms with Crippen LogP contribution in [0.1, 0.15) is 20.3 Å². The van der Waals surface area contributed by atoms with E-state index < -0.39 is 26.1 Å². The van der Waals surface area contributed by atoms with E-state index in [4.69, 9.17) is 4.74 Å². The number of rotatable bonds is 8. The number of carbonyl (C=O) groups is 2. The van der Waals surface area contributed by atoms with Gasteiger partial charge in [0.1, 0.15) is 5.25 Å². The molecule has 2 amide bonds. The quantitative estimate of drug-likeness (QED) is 0.382. The molecule has 0 radical (unpaired) electrons. The summed E-state index contributed by atoms with van der Waals surface area (Å²) in [5, 5.41) is 13.3. The van der Waals surface area contributed by atoms with Gasteiger partial charge in [0, 0.05) is 43.4 Å². The third-order valence-electron chi connectivity index (χ3n) is 5.86. The predicted molar refractivity (Wildman–Crippen MR) is 143 cm³/mol. The maximum Gasteiger partial charge on any atom is 0.271 e. The number of nitrogens with zero attached hydrogens (tertiary/aromatic N) is 4. The maximum atomic E-state index is 13.1. The van der Waals surface area contributed by atoms with Gasteiger partial charge >= 0.3 is 0 Å². The first-order valence-electron chi connectivity index (χ1n) is 11.9.